The van der Waals surface area contributed by atoms with Crippen LogP contribution in [0.3, 0.4) is 0 Å². The molecule has 0 unspecified atom stereocenters. The molecular weight excluding hydrogens is 354 g/mol. The van der Waals surface area contributed by atoms with Crippen LogP contribution in [0.4, 0.5) is 0 Å². The summed E-state index contributed by atoms with van der Waals surface area (Å²) in [6.45, 7) is 4.43. The molecule has 0 amide bonds. The third-order valence-corrected chi connectivity index (χ3v) is 6.76. The fourth-order valence-corrected chi connectivity index (χ4v) is 4.97. The molecule has 0 N–H and O–H groups in total. The number of rotatable bonds is 7. The minimum Gasteiger partial charge on any atom is -0.260 e. The molecule has 3 aromatic rings. The van der Waals surface area contributed by atoms with Crippen LogP contribution in [0.15, 0.2) is 57.3 Å². The number of hydrogen-bond donors (Lipinski definition) is 0. The van der Waals surface area contributed by atoms with Gasteiger partial charge in [-0.25, -0.2) is 0 Å². The largest absolute Gasteiger partial charge is 0.260 e. The van der Waals surface area contributed by atoms with Crippen molar-refractivity contribution in [3.63, 3.8) is 0 Å². The Balaban J connectivity index is 1.50. The summed E-state index contributed by atoms with van der Waals surface area (Å²) in [5, 5.41) is 8.54. The summed E-state index contributed by atoms with van der Waals surface area (Å²) in [5.41, 5.74) is 3.77. The highest BCUT2D eigenvalue weighted by Gasteiger charge is 2.07. The van der Waals surface area contributed by atoms with Crippen LogP contribution in [0, 0.1) is 0 Å². The highest BCUT2D eigenvalue weighted by Crippen LogP contribution is 2.32. The average Bonchev–Trinajstić information content (AvgIpc) is 3.07. The van der Waals surface area contributed by atoms with Crippen LogP contribution in [0.1, 0.15) is 36.6 Å². The van der Waals surface area contributed by atoms with E-state index < -0.39 is 0 Å². The molecule has 0 saturated carbocycles. The molecule has 1 aromatic carbocycles. The molecule has 0 aliphatic heterocycles. The van der Waals surface area contributed by atoms with Gasteiger partial charge in [-0.05, 0) is 29.2 Å². The summed E-state index contributed by atoms with van der Waals surface area (Å²) in [6, 6.07) is 14.8. The lowest BCUT2D eigenvalue weighted by molar-refractivity contribution is 0.866. The fourth-order valence-electron chi connectivity index (χ4n) is 2.08. The Bertz CT molecular complexity index is 755. The normalized spacial score (nSPS) is 11.1. The van der Waals surface area contributed by atoms with Crippen molar-refractivity contribution in [3.05, 3.63) is 65.5 Å². The van der Waals surface area contributed by atoms with E-state index in [9.17, 15) is 0 Å². The lowest BCUT2D eigenvalue weighted by atomic mass is 10.0. The van der Waals surface area contributed by atoms with Crippen molar-refractivity contribution in [2.45, 2.75) is 40.0 Å². The predicted molar refractivity (Wildman–Crippen MR) is 104 cm³/mol. The minimum atomic E-state index is 0.577. The van der Waals surface area contributed by atoms with Crippen molar-refractivity contribution in [2.24, 2.45) is 0 Å². The van der Waals surface area contributed by atoms with Gasteiger partial charge in [0.15, 0.2) is 8.68 Å². The van der Waals surface area contributed by atoms with Crippen molar-refractivity contribution in [1.29, 1.82) is 0 Å². The van der Waals surface area contributed by atoms with Gasteiger partial charge in [-0.2, -0.15) is 0 Å². The molecule has 0 fully saturated rings. The third-order valence-electron chi connectivity index (χ3n) is 3.47. The van der Waals surface area contributed by atoms with E-state index in [-0.39, 0.29) is 0 Å². The molecular formula is C18H19N3S3. The summed E-state index contributed by atoms with van der Waals surface area (Å²) < 4.78 is 2.02. The lowest BCUT2D eigenvalue weighted by Gasteiger charge is -2.05. The lowest BCUT2D eigenvalue weighted by Crippen LogP contribution is -1.87. The van der Waals surface area contributed by atoms with Crippen LogP contribution in [-0.4, -0.2) is 15.2 Å². The van der Waals surface area contributed by atoms with Crippen molar-refractivity contribution in [2.75, 3.05) is 0 Å². The minimum absolute atomic E-state index is 0.577. The highest BCUT2D eigenvalue weighted by molar-refractivity contribution is 8.02. The molecule has 0 spiro atoms. The molecule has 0 saturated heterocycles. The number of thioether (sulfide) groups is 2. The molecule has 2 aromatic heterocycles. The third kappa shape index (κ3) is 5.06. The predicted octanol–water partition coefficient (Wildman–Crippen LogP) is 5.64. The maximum Gasteiger partial charge on any atom is 0.175 e. The Morgan fingerprint density at radius 2 is 1.62 bits per heavy atom. The monoisotopic (exact) mass is 373 g/mol. The molecule has 0 radical (unpaired) electrons. The molecule has 24 heavy (non-hydrogen) atoms. The van der Waals surface area contributed by atoms with Gasteiger partial charge in [-0.15, -0.1) is 10.2 Å². The Labute approximate surface area is 155 Å². The van der Waals surface area contributed by atoms with Gasteiger partial charge in [0.2, 0.25) is 0 Å². The van der Waals surface area contributed by atoms with Gasteiger partial charge in [-0.3, -0.25) is 4.98 Å². The van der Waals surface area contributed by atoms with Crippen molar-refractivity contribution in [3.8, 4) is 0 Å². The average molecular weight is 374 g/mol. The van der Waals surface area contributed by atoms with E-state index in [0.29, 0.717) is 5.92 Å². The van der Waals surface area contributed by atoms with Gasteiger partial charge in [0, 0.05) is 17.7 Å². The molecule has 3 rings (SSSR count). The van der Waals surface area contributed by atoms with Gasteiger partial charge in [0.1, 0.15) is 0 Å². The Hall–Kier alpha value is -1.37. The number of hydrogen-bond acceptors (Lipinski definition) is 6. The van der Waals surface area contributed by atoms with Crippen molar-refractivity contribution in [1.82, 2.24) is 15.2 Å². The van der Waals surface area contributed by atoms with Gasteiger partial charge < -0.3 is 0 Å². The van der Waals surface area contributed by atoms with Crippen LogP contribution in [0.2, 0.25) is 0 Å². The topological polar surface area (TPSA) is 38.7 Å². The summed E-state index contributed by atoms with van der Waals surface area (Å²) in [6.07, 6.45) is 1.82. The first-order chi connectivity index (χ1) is 11.7. The maximum atomic E-state index is 4.33. The second kappa shape index (κ2) is 8.65. The van der Waals surface area contributed by atoms with Crippen LogP contribution in [0.25, 0.3) is 0 Å². The summed E-state index contributed by atoms with van der Waals surface area (Å²) in [5.74, 6) is 2.34. The van der Waals surface area contributed by atoms with Gasteiger partial charge in [0.25, 0.3) is 0 Å². The fraction of sp³-hybridized carbons (Fsp3) is 0.278. The number of nitrogens with zero attached hydrogens (tertiary/aromatic N) is 3. The first kappa shape index (κ1) is 17.5. The number of benzene rings is 1. The standard InChI is InChI=1S/C18H19N3S3/c1-13(2)15-8-6-14(7-9-15)11-22-17-20-21-18(24-17)23-12-16-5-3-4-10-19-16/h3-10,13H,11-12H2,1-2H3. The van der Waals surface area contributed by atoms with E-state index in [2.05, 4.69) is 53.3 Å². The van der Waals surface area contributed by atoms with Crippen molar-refractivity contribution >= 4 is 34.9 Å². The van der Waals surface area contributed by atoms with E-state index >= 15 is 0 Å². The maximum absolute atomic E-state index is 4.33. The molecule has 0 atom stereocenters. The van der Waals surface area contributed by atoms with E-state index in [4.69, 9.17) is 0 Å². The Morgan fingerprint density at radius 1 is 0.917 bits per heavy atom. The summed E-state index contributed by atoms with van der Waals surface area (Å²) in [7, 11) is 0. The van der Waals surface area contributed by atoms with Gasteiger partial charge >= 0.3 is 0 Å². The van der Waals surface area contributed by atoms with Crippen LogP contribution < -0.4 is 0 Å². The van der Waals surface area contributed by atoms with Crippen LogP contribution in [-0.2, 0) is 11.5 Å². The molecule has 0 aliphatic carbocycles. The molecule has 6 heteroatoms. The first-order valence-corrected chi connectivity index (χ1v) is 10.6. The summed E-state index contributed by atoms with van der Waals surface area (Å²) in [4.78, 5) is 4.33. The molecule has 124 valence electrons. The van der Waals surface area contributed by atoms with Gasteiger partial charge in [0.05, 0.1) is 5.69 Å². The second-order valence-corrected chi connectivity index (χ2v) is 9.05. The van der Waals surface area contributed by atoms with E-state index in [1.807, 2.05) is 24.4 Å². The van der Waals surface area contributed by atoms with Crippen LogP contribution in [0.5, 0.6) is 0 Å². The van der Waals surface area contributed by atoms with Gasteiger partial charge in [-0.1, -0.05) is 79.0 Å². The zero-order chi connectivity index (χ0) is 16.8. The van der Waals surface area contributed by atoms with E-state index in [0.717, 1.165) is 25.9 Å². The second-order valence-electron chi connectivity index (χ2n) is 5.63. The highest BCUT2D eigenvalue weighted by atomic mass is 32.2. The van der Waals surface area contributed by atoms with Crippen LogP contribution >= 0.6 is 34.9 Å². The van der Waals surface area contributed by atoms with Crippen molar-refractivity contribution < 1.29 is 0 Å². The number of pyridine rings is 1. The Kier molecular flexibility index (Phi) is 6.29. The SMILES string of the molecule is CC(C)c1ccc(CSc2nnc(SCc3ccccn3)s2)cc1. The smallest absolute Gasteiger partial charge is 0.175 e. The quantitative estimate of drug-likeness (QED) is 0.501. The van der Waals surface area contributed by atoms with E-state index in [1.165, 1.54) is 11.1 Å². The Morgan fingerprint density at radius 3 is 2.25 bits per heavy atom. The van der Waals surface area contributed by atoms with E-state index in [1.54, 1.807) is 34.9 Å². The molecule has 2 heterocycles. The molecule has 0 bridgehead atoms. The molecule has 3 nitrogen and oxygen atoms in total. The summed E-state index contributed by atoms with van der Waals surface area (Å²) >= 11 is 5.09. The first-order valence-electron chi connectivity index (χ1n) is 7.78. The number of aromatic nitrogens is 3. The zero-order valence-corrected chi connectivity index (χ0v) is 16.1. The molecule has 0 aliphatic rings. The zero-order valence-electron chi connectivity index (χ0n) is 13.7.